The quantitative estimate of drug-likeness (QED) is 0.780. The first-order valence-corrected chi connectivity index (χ1v) is 8.52. The highest BCUT2D eigenvalue weighted by Gasteiger charge is 2.29. The van der Waals surface area contributed by atoms with Gasteiger partial charge in [0.1, 0.15) is 5.65 Å². The van der Waals surface area contributed by atoms with Gasteiger partial charge in [-0.15, -0.1) is 0 Å². The summed E-state index contributed by atoms with van der Waals surface area (Å²) in [5, 5.41) is 5.96. The number of hydrogen-bond donors (Lipinski definition) is 1. The summed E-state index contributed by atoms with van der Waals surface area (Å²) >= 11 is 0. The Kier molecular flexibility index (Phi) is 3.34. The maximum atomic E-state index is 12.7. The molecule has 3 aromatic rings. The number of hydrogen-bond acceptors (Lipinski definition) is 3. The van der Waals surface area contributed by atoms with Gasteiger partial charge in [-0.05, 0) is 57.4 Å². The molecule has 1 aliphatic rings. The summed E-state index contributed by atoms with van der Waals surface area (Å²) in [5.74, 6) is 0.507. The summed E-state index contributed by atoms with van der Waals surface area (Å²) in [6, 6.07) is 5.74. The van der Waals surface area contributed by atoms with Gasteiger partial charge in [0.05, 0.1) is 11.2 Å². The van der Waals surface area contributed by atoms with Gasteiger partial charge in [-0.25, -0.2) is 4.68 Å². The fourth-order valence-corrected chi connectivity index (χ4v) is 3.31. The van der Waals surface area contributed by atoms with E-state index in [2.05, 4.69) is 30.7 Å². The predicted octanol–water partition coefficient (Wildman–Crippen LogP) is 3.81. The molecule has 124 valence electrons. The van der Waals surface area contributed by atoms with Crippen molar-refractivity contribution < 1.29 is 0 Å². The molecule has 5 heteroatoms. The van der Waals surface area contributed by atoms with E-state index < -0.39 is 0 Å². The van der Waals surface area contributed by atoms with Crippen LogP contribution in [0.2, 0.25) is 0 Å². The van der Waals surface area contributed by atoms with Crippen molar-refractivity contribution in [1.82, 2.24) is 19.7 Å². The van der Waals surface area contributed by atoms with Gasteiger partial charge in [0.15, 0.2) is 0 Å². The zero-order chi connectivity index (χ0) is 16.9. The highest BCUT2D eigenvalue weighted by atomic mass is 16.1. The van der Waals surface area contributed by atoms with Crippen molar-refractivity contribution in [2.45, 2.75) is 51.5 Å². The average Bonchev–Trinajstić information content (AvgIpc) is 2.84. The molecule has 0 aromatic carbocycles. The van der Waals surface area contributed by atoms with Gasteiger partial charge in [0.25, 0.3) is 5.56 Å². The van der Waals surface area contributed by atoms with Gasteiger partial charge in [-0.1, -0.05) is 6.42 Å². The van der Waals surface area contributed by atoms with E-state index in [9.17, 15) is 4.79 Å². The van der Waals surface area contributed by atoms with E-state index in [1.54, 1.807) is 12.4 Å². The number of fused-ring (bicyclic) bond motifs is 1. The molecule has 3 aromatic heterocycles. The second kappa shape index (κ2) is 5.30. The molecular weight excluding hydrogens is 300 g/mol. The van der Waals surface area contributed by atoms with Crippen LogP contribution in [0, 0.1) is 0 Å². The third kappa shape index (κ3) is 2.35. The van der Waals surface area contributed by atoms with Crippen LogP contribution in [0.25, 0.3) is 22.2 Å². The van der Waals surface area contributed by atoms with Crippen molar-refractivity contribution in [1.29, 1.82) is 0 Å². The molecule has 0 unspecified atom stereocenters. The number of nitrogens with one attached hydrogen (secondary N) is 1. The van der Waals surface area contributed by atoms with Gasteiger partial charge < -0.3 is 4.98 Å². The highest BCUT2D eigenvalue weighted by molar-refractivity contribution is 5.84. The summed E-state index contributed by atoms with van der Waals surface area (Å²) in [7, 11) is 0. The summed E-state index contributed by atoms with van der Waals surface area (Å²) in [6.45, 7) is 6.33. The lowest BCUT2D eigenvalue weighted by atomic mass is 9.82. The van der Waals surface area contributed by atoms with E-state index >= 15 is 0 Å². The van der Waals surface area contributed by atoms with Crippen LogP contribution in [0.15, 0.2) is 35.4 Å². The van der Waals surface area contributed by atoms with E-state index in [-0.39, 0.29) is 11.1 Å². The standard InChI is InChI=1S/C19H22N4O/c1-19(2,3)23-17-15(16(22-23)13-5-4-6-13)11-14(18(24)21-17)12-7-9-20-10-8-12/h7-11,13H,4-6H2,1-3H3,(H,21,24). The minimum Gasteiger partial charge on any atom is -0.306 e. The molecule has 0 radical (unpaired) electrons. The minimum absolute atomic E-state index is 0.0840. The van der Waals surface area contributed by atoms with Crippen LogP contribution >= 0.6 is 0 Å². The second-order valence-corrected chi connectivity index (χ2v) is 7.61. The van der Waals surface area contributed by atoms with Gasteiger partial charge in [0, 0.05) is 29.3 Å². The molecule has 0 amide bonds. The molecule has 1 fully saturated rings. The van der Waals surface area contributed by atoms with Crippen molar-refractivity contribution in [3.63, 3.8) is 0 Å². The van der Waals surface area contributed by atoms with Crippen molar-refractivity contribution >= 4 is 11.0 Å². The van der Waals surface area contributed by atoms with Crippen LogP contribution in [0.1, 0.15) is 51.6 Å². The number of rotatable bonds is 2. The van der Waals surface area contributed by atoms with E-state index in [1.807, 2.05) is 22.9 Å². The SMILES string of the molecule is CC(C)(C)n1nc(C2CCC2)c2cc(-c3ccncc3)c(=O)[nH]c21. The van der Waals surface area contributed by atoms with Gasteiger partial charge in [0.2, 0.25) is 0 Å². The number of H-pyrrole nitrogens is 1. The zero-order valence-corrected chi connectivity index (χ0v) is 14.3. The molecule has 3 heterocycles. The Morgan fingerprint density at radius 3 is 2.50 bits per heavy atom. The van der Waals surface area contributed by atoms with Crippen LogP contribution < -0.4 is 5.56 Å². The smallest absolute Gasteiger partial charge is 0.257 e. The Bertz CT molecular complexity index is 943. The second-order valence-electron chi connectivity index (χ2n) is 7.61. The molecule has 0 bridgehead atoms. The predicted molar refractivity (Wildman–Crippen MR) is 95.2 cm³/mol. The van der Waals surface area contributed by atoms with Gasteiger partial charge in [-0.3, -0.25) is 9.78 Å². The normalized spacial score (nSPS) is 15.6. The number of aromatic nitrogens is 4. The molecule has 5 nitrogen and oxygen atoms in total. The van der Waals surface area contributed by atoms with E-state index in [0.29, 0.717) is 11.5 Å². The van der Waals surface area contributed by atoms with Crippen LogP contribution in [-0.4, -0.2) is 19.7 Å². The fraction of sp³-hybridized carbons (Fsp3) is 0.421. The zero-order valence-electron chi connectivity index (χ0n) is 14.3. The lowest BCUT2D eigenvalue weighted by Gasteiger charge is -2.24. The molecule has 1 saturated carbocycles. The molecule has 0 saturated heterocycles. The molecule has 0 spiro atoms. The number of pyridine rings is 2. The van der Waals surface area contributed by atoms with Gasteiger partial charge in [-0.2, -0.15) is 5.10 Å². The van der Waals surface area contributed by atoms with Gasteiger partial charge >= 0.3 is 0 Å². The van der Waals surface area contributed by atoms with Crippen molar-refractivity contribution in [2.24, 2.45) is 0 Å². The van der Waals surface area contributed by atoms with Crippen LogP contribution in [0.3, 0.4) is 0 Å². The Morgan fingerprint density at radius 2 is 1.92 bits per heavy atom. The van der Waals surface area contributed by atoms with Crippen molar-refractivity contribution in [3.05, 3.63) is 46.6 Å². The van der Waals surface area contributed by atoms with Crippen molar-refractivity contribution in [3.8, 4) is 11.1 Å². The molecule has 0 aliphatic heterocycles. The fourth-order valence-electron chi connectivity index (χ4n) is 3.31. The highest BCUT2D eigenvalue weighted by Crippen LogP contribution is 2.40. The summed E-state index contributed by atoms with van der Waals surface area (Å²) in [6.07, 6.45) is 7.05. The maximum absolute atomic E-state index is 12.7. The number of nitrogens with zero attached hydrogens (tertiary/aromatic N) is 3. The van der Waals surface area contributed by atoms with Crippen LogP contribution in [-0.2, 0) is 5.54 Å². The molecule has 4 rings (SSSR count). The Balaban J connectivity index is 2.00. The lowest BCUT2D eigenvalue weighted by Crippen LogP contribution is -2.25. The molecule has 1 aliphatic carbocycles. The van der Waals surface area contributed by atoms with Crippen LogP contribution in [0.5, 0.6) is 0 Å². The third-order valence-electron chi connectivity index (χ3n) is 4.83. The molecular formula is C19H22N4O. The molecule has 0 atom stereocenters. The minimum atomic E-state index is -0.179. The Labute approximate surface area is 140 Å². The van der Waals surface area contributed by atoms with E-state index in [4.69, 9.17) is 5.10 Å². The molecule has 1 N–H and O–H groups in total. The van der Waals surface area contributed by atoms with E-state index in [0.717, 1.165) is 22.3 Å². The third-order valence-corrected chi connectivity index (χ3v) is 4.83. The maximum Gasteiger partial charge on any atom is 0.257 e. The lowest BCUT2D eigenvalue weighted by molar-refractivity contribution is 0.349. The first-order chi connectivity index (χ1) is 11.4. The molecule has 24 heavy (non-hydrogen) atoms. The average molecular weight is 322 g/mol. The summed E-state index contributed by atoms with van der Waals surface area (Å²) in [5.41, 5.74) is 3.25. The monoisotopic (exact) mass is 322 g/mol. The first-order valence-electron chi connectivity index (χ1n) is 8.52. The Morgan fingerprint density at radius 1 is 1.21 bits per heavy atom. The first kappa shape index (κ1) is 15.1. The van der Waals surface area contributed by atoms with Crippen LogP contribution in [0.4, 0.5) is 0 Å². The van der Waals surface area contributed by atoms with E-state index in [1.165, 1.54) is 19.3 Å². The Hall–Kier alpha value is -2.43. The topological polar surface area (TPSA) is 63.6 Å². The summed E-state index contributed by atoms with van der Waals surface area (Å²) < 4.78 is 1.97. The van der Waals surface area contributed by atoms with Crippen molar-refractivity contribution in [2.75, 3.05) is 0 Å². The summed E-state index contributed by atoms with van der Waals surface area (Å²) in [4.78, 5) is 19.8. The number of aromatic amines is 1. The largest absolute Gasteiger partial charge is 0.306 e.